The van der Waals surface area contributed by atoms with E-state index in [4.69, 9.17) is 4.74 Å². The Morgan fingerprint density at radius 2 is 2.13 bits per heavy atom. The molecule has 1 aromatic carbocycles. The summed E-state index contributed by atoms with van der Waals surface area (Å²) in [6, 6.07) is 5.60. The Hall–Kier alpha value is -2.35. The van der Waals surface area contributed by atoms with Gasteiger partial charge in [0, 0.05) is 25.4 Å². The number of ether oxygens (including phenoxy) is 2. The number of nitrogens with zero attached hydrogens (tertiary/aromatic N) is 1. The third kappa shape index (κ3) is 4.32. The predicted octanol–water partition coefficient (Wildman–Crippen LogP) is 2.23. The van der Waals surface area contributed by atoms with Gasteiger partial charge < -0.3 is 14.8 Å². The molecular formula is C15H15F3N2O3. The number of para-hydroxylation sites is 1. The van der Waals surface area contributed by atoms with Gasteiger partial charge in [0.2, 0.25) is 0 Å². The molecule has 2 rings (SSSR count). The predicted molar refractivity (Wildman–Crippen MR) is 77.2 cm³/mol. The molecule has 1 unspecified atom stereocenters. The Bertz CT molecular complexity index is 629. The first-order valence-corrected chi connectivity index (χ1v) is 6.71. The molecule has 0 spiro atoms. The fraction of sp³-hybridized carbons (Fsp3) is 0.333. The molecule has 8 heteroatoms. The largest absolute Gasteiger partial charge is 0.573 e. The number of carbonyl (C=O) groups is 1. The van der Waals surface area contributed by atoms with Gasteiger partial charge in [-0.25, -0.2) is 0 Å². The molecule has 1 amide bonds. The van der Waals surface area contributed by atoms with Gasteiger partial charge in [-0.1, -0.05) is 18.2 Å². The number of benzene rings is 1. The van der Waals surface area contributed by atoms with Crippen LogP contribution in [0.15, 0.2) is 41.4 Å². The molecule has 0 bridgehead atoms. The van der Waals surface area contributed by atoms with Gasteiger partial charge in [-0.3, -0.25) is 9.79 Å². The summed E-state index contributed by atoms with van der Waals surface area (Å²) in [6.45, 7) is -0.0275. The van der Waals surface area contributed by atoms with Crippen LogP contribution in [0.2, 0.25) is 0 Å². The van der Waals surface area contributed by atoms with Crippen molar-refractivity contribution in [1.82, 2.24) is 5.32 Å². The average molecular weight is 328 g/mol. The first-order valence-electron chi connectivity index (χ1n) is 6.71. The highest BCUT2D eigenvalue weighted by Crippen LogP contribution is 2.26. The molecule has 1 atom stereocenters. The lowest BCUT2D eigenvalue weighted by atomic mass is 10.0. The Morgan fingerprint density at radius 3 is 2.74 bits per heavy atom. The third-order valence-corrected chi connectivity index (χ3v) is 3.27. The Morgan fingerprint density at radius 1 is 1.39 bits per heavy atom. The Kier molecular flexibility index (Phi) is 5.05. The molecule has 1 N–H and O–H groups in total. The van der Waals surface area contributed by atoms with Gasteiger partial charge in [-0.15, -0.1) is 13.2 Å². The summed E-state index contributed by atoms with van der Waals surface area (Å²) in [5, 5.41) is 2.55. The van der Waals surface area contributed by atoms with Crippen molar-refractivity contribution in [2.45, 2.75) is 18.5 Å². The maximum Gasteiger partial charge on any atom is 0.573 e. The van der Waals surface area contributed by atoms with Crippen LogP contribution in [0.3, 0.4) is 0 Å². The molecule has 0 saturated carbocycles. The summed E-state index contributed by atoms with van der Waals surface area (Å²) in [6.07, 6.45) is -0.132. The number of halogens is 3. The quantitative estimate of drug-likeness (QED) is 0.902. The molecule has 1 heterocycles. The topological polar surface area (TPSA) is 59.9 Å². The highest BCUT2D eigenvalue weighted by molar-refractivity contribution is 5.90. The minimum atomic E-state index is -4.80. The van der Waals surface area contributed by atoms with E-state index in [9.17, 15) is 18.0 Å². The van der Waals surface area contributed by atoms with Gasteiger partial charge in [-0.2, -0.15) is 0 Å². The maximum atomic E-state index is 12.4. The second-order valence-electron chi connectivity index (χ2n) is 4.78. The lowest BCUT2D eigenvalue weighted by molar-refractivity contribution is -0.274. The van der Waals surface area contributed by atoms with E-state index in [1.807, 2.05) is 0 Å². The third-order valence-electron chi connectivity index (χ3n) is 3.27. The molecular weight excluding hydrogens is 313 g/mol. The number of rotatable bonds is 5. The van der Waals surface area contributed by atoms with E-state index in [1.165, 1.54) is 31.5 Å². The van der Waals surface area contributed by atoms with E-state index < -0.39 is 17.9 Å². The number of methoxy groups -OCH3 is 1. The number of alkyl halides is 3. The maximum absolute atomic E-state index is 12.4. The zero-order chi connectivity index (χ0) is 16.9. The van der Waals surface area contributed by atoms with Crippen molar-refractivity contribution in [3.8, 4) is 5.75 Å². The summed E-state index contributed by atoms with van der Waals surface area (Å²) in [5.74, 6) is -0.848. The highest BCUT2D eigenvalue weighted by Gasteiger charge is 2.37. The van der Waals surface area contributed by atoms with Gasteiger partial charge in [0.15, 0.2) is 5.60 Å². The summed E-state index contributed by atoms with van der Waals surface area (Å²) in [7, 11) is 1.37. The minimum Gasteiger partial charge on any atom is -0.405 e. The molecule has 0 saturated heterocycles. The van der Waals surface area contributed by atoms with Crippen LogP contribution in [-0.2, 0) is 16.1 Å². The van der Waals surface area contributed by atoms with Gasteiger partial charge in [-0.05, 0) is 18.2 Å². The second-order valence-corrected chi connectivity index (χ2v) is 4.78. The molecule has 1 aromatic rings. The summed E-state index contributed by atoms with van der Waals surface area (Å²) >= 11 is 0. The van der Waals surface area contributed by atoms with E-state index >= 15 is 0 Å². The van der Waals surface area contributed by atoms with Crippen LogP contribution in [0.4, 0.5) is 13.2 Å². The molecule has 0 aliphatic carbocycles. The first-order chi connectivity index (χ1) is 10.9. The van der Waals surface area contributed by atoms with Crippen molar-refractivity contribution >= 4 is 12.1 Å². The van der Waals surface area contributed by atoms with Crippen molar-refractivity contribution in [1.29, 1.82) is 0 Å². The number of hydrogen-bond acceptors (Lipinski definition) is 4. The lowest BCUT2D eigenvalue weighted by Crippen LogP contribution is -2.49. The Balaban J connectivity index is 2.07. The van der Waals surface area contributed by atoms with E-state index in [2.05, 4.69) is 15.0 Å². The molecule has 1 aliphatic heterocycles. The van der Waals surface area contributed by atoms with Crippen LogP contribution in [-0.4, -0.2) is 37.7 Å². The smallest absolute Gasteiger partial charge is 0.405 e. The highest BCUT2D eigenvalue weighted by atomic mass is 19.4. The number of carbonyl (C=O) groups excluding carboxylic acids is 1. The molecule has 5 nitrogen and oxygen atoms in total. The molecule has 1 aliphatic rings. The van der Waals surface area contributed by atoms with Gasteiger partial charge in [0.1, 0.15) is 5.75 Å². The van der Waals surface area contributed by atoms with Crippen molar-refractivity contribution in [3.05, 3.63) is 42.0 Å². The van der Waals surface area contributed by atoms with Gasteiger partial charge >= 0.3 is 6.36 Å². The number of nitrogens with one attached hydrogen (secondary N) is 1. The van der Waals surface area contributed by atoms with Crippen LogP contribution in [0.1, 0.15) is 5.56 Å². The zero-order valence-electron chi connectivity index (χ0n) is 12.3. The van der Waals surface area contributed by atoms with Crippen LogP contribution in [0.5, 0.6) is 5.75 Å². The normalized spacial score (nSPS) is 20.3. The molecule has 0 radical (unpaired) electrons. The van der Waals surface area contributed by atoms with Crippen LogP contribution >= 0.6 is 0 Å². The minimum absolute atomic E-state index is 0.104. The number of hydrogen-bond donors (Lipinski definition) is 1. The summed E-state index contributed by atoms with van der Waals surface area (Å²) in [4.78, 5) is 16.3. The van der Waals surface area contributed by atoms with E-state index in [0.717, 1.165) is 0 Å². The number of allylic oxidation sites excluding steroid dienone is 1. The van der Waals surface area contributed by atoms with Crippen molar-refractivity contribution in [2.75, 3.05) is 13.7 Å². The molecule has 0 aromatic heterocycles. The van der Waals surface area contributed by atoms with E-state index in [0.29, 0.717) is 0 Å². The fourth-order valence-electron chi connectivity index (χ4n) is 2.07. The monoisotopic (exact) mass is 328 g/mol. The number of dihydropyridines is 1. The van der Waals surface area contributed by atoms with Crippen LogP contribution in [0.25, 0.3) is 0 Å². The van der Waals surface area contributed by atoms with Gasteiger partial charge in [0.05, 0.1) is 6.54 Å². The lowest BCUT2D eigenvalue weighted by Gasteiger charge is -2.27. The molecule has 23 heavy (non-hydrogen) atoms. The number of amides is 1. The zero-order valence-corrected chi connectivity index (χ0v) is 12.3. The number of aliphatic imine (C=N–C) groups is 1. The van der Waals surface area contributed by atoms with Gasteiger partial charge in [0.25, 0.3) is 5.91 Å². The SMILES string of the molecule is COC1(C(=O)NCc2ccccc2OC(F)(F)F)C=CC=NC1. The summed E-state index contributed by atoms with van der Waals surface area (Å²) < 4.78 is 46.3. The average Bonchev–Trinajstić information content (AvgIpc) is 2.53. The fourth-order valence-corrected chi connectivity index (χ4v) is 2.07. The van der Waals surface area contributed by atoms with Crippen molar-refractivity contribution in [2.24, 2.45) is 4.99 Å². The van der Waals surface area contributed by atoms with Crippen LogP contribution < -0.4 is 10.1 Å². The van der Waals surface area contributed by atoms with E-state index in [1.54, 1.807) is 18.2 Å². The van der Waals surface area contributed by atoms with Crippen molar-refractivity contribution in [3.63, 3.8) is 0 Å². The van der Waals surface area contributed by atoms with E-state index in [-0.39, 0.29) is 24.4 Å². The first kappa shape index (κ1) is 17.0. The van der Waals surface area contributed by atoms with Crippen LogP contribution in [0, 0.1) is 0 Å². The molecule has 124 valence electrons. The summed E-state index contributed by atoms with van der Waals surface area (Å²) in [5.41, 5.74) is -1.05. The van der Waals surface area contributed by atoms with Crippen molar-refractivity contribution < 1.29 is 27.4 Å². The molecule has 0 fully saturated rings. The standard InChI is InChI=1S/C15H15F3N2O3/c1-22-14(7-4-8-19-10-14)13(21)20-9-11-5-2-3-6-12(11)23-15(16,17)18/h2-8H,9-10H2,1H3,(H,20,21). The second kappa shape index (κ2) is 6.82. The Labute approximate surface area is 130 Å².